The van der Waals surface area contributed by atoms with Crippen LogP contribution in [-0.4, -0.2) is 23.2 Å². The van der Waals surface area contributed by atoms with E-state index >= 15 is 0 Å². The maximum absolute atomic E-state index is 12.0. The van der Waals surface area contributed by atoms with E-state index in [0.717, 1.165) is 16.9 Å². The van der Waals surface area contributed by atoms with Crippen molar-refractivity contribution >= 4 is 5.91 Å². The lowest BCUT2D eigenvalue weighted by molar-refractivity contribution is 0.0913. The van der Waals surface area contributed by atoms with Crippen LogP contribution < -0.4 is 14.8 Å². The van der Waals surface area contributed by atoms with Crippen LogP contribution in [0.15, 0.2) is 59.4 Å². The molecule has 3 rings (SSSR count). The number of aromatic nitrogens is 2. The fourth-order valence-electron chi connectivity index (χ4n) is 2.09. The number of hydrogen-bond acceptors (Lipinski definition) is 6. The molecule has 0 saturated heterocycles. The maximum Gasteiger partial charge on any atom is 0.290 e. The van der Waals surface area contributed by atoms with Gasteiger partial charge in [0.05, 0.1) is 13.2 Å². The van der Waals surface area contributed by atoms with Crippen molar-refractivity contribution in [1.29, 1.82) is 0 Å². The summed E-state index contributed by atoms with van der Waals surface area (Å²) in [7, 11) is 1.61. The van der Waals surface area contributed by atoms with Gasteiger partial charge in [0.1, 0.15) is 12.4 Å². The number of carbonyl (C=O) groups is 1. The largest absolute Gasteiger partial charge is 0.497 e. The molecule has 7 heteroatoms. The van der Waals surface area contributed by atoms with Gasteiger partial charge in [-0.15, -0.1) is 0 Å². The minimum atomic E-state index is -0.365. The number of nitrogens with zero attached hydrogens (tertiary/aromatic N) is 2. The second-order valence-corrected chi connectivity index (χ2v) is 5.21. The number of ether oxygens (including phenoxy) is 2. The molecule has 0 radical (unpaired) electrons. The minimum Gasteiger partial charge on any atom is -0.497 e. The highest BCUT2D eigenvalue weighted by atomic mass is 16.5. The van der Waals surface area contributed by atoms with Crippen molar-refractivity contribution in [3.8, 4) is 11.6 Å². The molecule has 128 valence electrons. The first kappa shape index (κ1) is 16.5. The first-order valence-corrected chi connectivity index (χ1v) is 7.64. The zero-order chi connectivity index (χ0) is 17.5. The van der Waals surface area contributed by atoms with Crippen LogP contribution in [-0.2, 0) is 13.2 Å². The lowest BCUT2D eigenvalue weighted by Gasteiger charge is -2.03. The third-order valence-electron chi connectivity index (χ3n) is 3.43. The van der Waals surface area contributed by atoms with Crippen LogP contribution in [0.3, 0.4) is 0 Å². The Kier molecular flexibility index (Phi) is 5.26. The molecule has 1 N–H and O–H groups in total. The Balaban J connectivity index is 1.51. The number of benzene rings is 1. The molecule has 2 heterocycles. The molecule has 0 fully saturated rings. The molecule has 2 aromatic heterocycles. The predicted octanol–water partition coefficient (Wildman–Crippen LogP) is 2.59. The summed E-state index contributed by atoms with van der Waals surface area (Å²) in [6.45, 7) is 0.669. The van der Waals surface area contributed by atoms with Gasteiger partial charge in [0, 0.05) is 18.9 Å². The molecule has 0 aliphatic heterocycles. The average Bonchev–Trinajstić information content (AvgIpc) is 3.15. The summed E-state index contributed by atoms with van der Waals surface area (Å²) in [5.74, 6) is 0.754. The molecule has 0 aliphatic carbocycles. The smallest absolute Gasteiger partial charge is 0.290 e. The Hall–Kier alpha value is -3.35. The van der Waals surface area contributed by atoms with Gasteiger partial charge >= 0.3 is 0 Å². The Labute approximate surface area is 144 Å². The third-order valence-corrected chi connectivity index (χ3v) is 3.43. The summed E-state index contributed by atoms with van der Waals surface area (Å²) in [5.41, 5.74) is 1.85. The van der Waals surface area contributed by atoms with Gasteiger partial charge in [-0.1, -0.05) is 18.2 Å². The number of hydrogen-bond donors (Lipinski definition) is 1. The van der Waals surface area contributed by atoms with Crippen LogP contribution in [0, 0.1) is 0 Å². The predicted molar refractivity (Wildman–Crippen MR) is 89.2 cm³/mol. The third kappa shape index (κ3) is 4.57. The van der Waals surface area contributed by atoms with E-state index in [9.17, 15) is 4.79 Å². The van der Waals surface area contributed by atoms with Crippen molar-refractivity contribution in [2.45, 2.75) is 13.2 Å². The molecule has 3 aromatic rings. The average molecular weight is 339 g/mol. The Morgan fingerprint density at radius 3 is 2.76 bits per heavy atom. The molecule has 0 spiro atoms. The number of nitrogens with one attached hydrogen (secondary N) is 1. The van der Waals surface area contributed by atoms with Gasteiger partial charge in [-0.2, -0.15) is 0 Å². The molecule has 7 nitrogen and oxygen atoms in total. The van der Waals surface area contributed by atoms with Gasteiger partial charge in [-0.3, -0.25) is 9.78 Å². The van der Waals surface area contributed by atoms with E-state index in [1.807, 2.05) is 30.3 Å². The lowest BCUT2D eigenvalue weighted by Crippen LogP contribution is -2.22. The van der Waals surface area contributed by atoms with Crippen LogP contribution in [0.25, 0.3) is 0 Å². The molecule has 0 saturated carbocycles. The first-order chi connectivity index (χ1) is 12.2. The van der Waals surface area contributed by atoms with Crippen molar-refractivity contribution < 1.29 is 18.8 Å². The summed E-state index contributed by atoms with van der Waals surface area (Å²) < 4.78 is 15.6. The molecular formula is C18H17N3O4. The van der Waals surface area contributed by atoms with E-state index in [1.165, 1.54) is 6.07 Å². The molecule has 1 aromatic carbocycles. The highest BCUT2D eigenvalue weighted by molar-refractivity contribution is 5.91. The quantitative estimate of drug-likeness (QED) is 0.712. The summed E-state index contributed by atoms with van der Waals surface area (Å²) in [5, 5.41) is 6.48. The Morgan fingerprint density at radius 1 is 1.20 bits per heavy atom. The van der Waals surface area contributed by atoms with Crippen LogP contribution >= 0.6 is 0 Å². The molecule has 25 heavy (non-hydrogen) atoms. The fourth-order valence-corrected chi connectivity index (χ4v) is 2.09. The van der Waals surface area contributed by atoms with Gasteiger partial charge < -0.3 is 19.3 Å². The van der Waals surface area contributed by atoms with Crippen molar-refractivity contribution in [3.63, 3.8) is 0 Å². The van der Waals surface area contributed by atoms with E-state index in [4.69, 9.17) is 14.0 Å². The molecule has 0 aliphatic rings. The zero-order valence-electron chi connectivity index (χ0n) is 13.6. The zero-order valence-corrected chi connectivity index (χ0v) is 13.6. The van der Waals surface area contributed by atoms with Gasteiger partial charge in [0.15, 0.2) is 0 Å². The van der Waals surface area contributed by atoms with E-state index in [2.05, 4.69) is 15.5 Å². The standard InChI is InChI=1S/C18H17N3O4/c1-23-15-6-4-13(5-7-15)12-24-17-9-16(25-21-17)18(22)20-11-14-3-2-8-19-10-14/h2-10H,11-12H2,1H3,(H,20,22). The van der Waals surface area contributed by atoms with Crippen molar-refractivity contribution in [2.75, 3.05) is 7.11 Å². The number of carbonyl (C=O) groups excluding carboxylic acids is 1. The summed E-state index contributed by atoms with van der Waals surface area (Å²) in [4.78, 5) is 16.0. The van der Waals surface area contributed by atoms with Crippen LogP contribution in [0.1, 0.15) is 21.7 Å². The second-order valence-electron chi connectivity index (χ2n) is 5.21. The Morgan fingerprint density at radius 2 is 2.04 bits per heavy atom. The normalized spacial score (nSPS) is 10.3. The van der Waals surface area contributed by atoms with Crippen molar-refractivity contribution in [3.05, 3.63) is 71.7 Å². The lowest BCUT2D eigenvalue weighted by atomic mass is 10.2. The van der Waals surface area contributed by atoms with Gasteiger partial charge in [0.25, 0.3) is 11.8 Å². The van der Waals surface area contributed by atoms with Crippen molar-refractivity contribution in [2.24, 2.45) is 0 Å². The van der Waals surface area contributed by atoms with Gasteiger partial charge in [-0.05, 0) is 34.5 Å². The summed E-state index contributed by atoms with van der Waals surface area (Å²) in [6.07, 6.45) is 3.36. The fraction of sp³-hybridized carbons (Fsp3) is 0.167. The monoisotopic (exact) mass is 339 g/mol. The number of methoxy groups -OCH3 is 1. The molecule has 0 unspecified atom stereocenters. The topological polar surface area (TPSA) is 86.5 Å². The summed E-state index contributed by atoms with van der Waals surface area (Å²) >= 11 is 0. The van der Waals surface area contributed by atoms with E-state index in [-0.39, 0.29) is 17.5 Å². The van der Waals surface area contributed by atoms with E-state index in [0.29, 0.717) is 13.2 Å². The number of amides is 1. The second kappa shape index (κ2) is 7.96. The molecular weight excluding hydrogens is 322 g/mol. The molecule has 0 atom stereocenters. The first-order valence-electron chi connectivity index (χ1n) is 7.64. The van der Waals surface area contributed by atoms with Gasteiger partial charge in [-0.25, -0.2) is 0 Å². The SMILES string of the molecule is COc1ccc(COc2cc(C(=O)NCc3cccnc3)on2)cc1. The minimum absolute atomic E-state index is 0.0913. The maximum atomic E-state index is 12.0. The molecule has 1 amide bonds. The van der Waals surface area contributed by atoms with E-state index in [1.54, 1.807) is 25.6 Å². The number of rotatable bonds is 7. The van der Waals surface area contributed by atoms with Gasteiger partial charge in [0.2, 0.25) is 5.76 Å². The highest BCUT2D eigenvalue weighted by Crippen LogP contribution is 2.16. The van der Waals surface area contributed by atoms with Crippen LogP contribution in [0.5, 0.6) is 11.6 Å². The van der Waals surface area contributed by atoms with Crippen LogP contribution in [0.4, 0.5) is 0 Å². The Bertz CT molecular complexity index is 816. The summed E-state index contributed by atoms with van der Waals surface area (Å²) in [6, 6.07) is 12.6. The van der Waals surface area contributed by atoms with E-state index < -0.39 is 0 Å². The highest BCUT2D eigenvalue weighted by Gasteiger charge is 2.13. The molecule has 0 bridgehead atoms. The van der Waals surface area contributed by atoms with Crippen molar-refractivity contribution in [1.82, 2.24) is 15.5 Å². The number of pyridine rings is 1. The van der Waals surface area contributed by atoms with Crippen LogP contribution in [0.2, 0.25) is 0 Å².